The second-order valence-corrected chi connectivity index (χ2v) is 7.56. The second-order valence-electron chi connectivity index (χ2n) is 7.56. The van der Waals surface area contributed by atoms with E-state index in [0.29, 0.717) is 24.3 Å². The molecule has 5 heteroatoms. The van der Waals surface area contributed by atoms with Crippen molar-refractivity contribution in [1.82, 2.24) is 0 Å². The highest BCUT2D eigenvalue weighted by atomic mass is 16.5. The molecule has 1 unspecified atom stereocenters. The van der Waals surface area contributed by atoms with Crippen LogP contribution < -0.4 is 15.3 Å². The Labute approximate surface area is 164 Å². The van der Waals surface area contributed by atoms with E-state index in [9.17, 15) is 4.79 Å². The molecule has 0 radical (unpaired) electrons. The van der Waals surface area contributed by atoms with E-state index in [2.05, 4.69) is 6.07 Å². The molecule has 0 saturated heterocycles. The normalized spacial score (nSPS) is 16.0. The molecule has 28 heavy (non-hydrogen) atoms. The van der Waals surface area contributed by atoms with Gasteiger partial charge in [-0.05, 0) is 31.0 Å². The van der Waals surface area contributed by atoms with Crippen LogP contribution in [0.1, 0.15) is 34.2 Å². The molecule has 0 aliphatic carbocycles. The number of aliphatic hydroxyl groups excluding tert-OH is 1. The van der Waals surface area contributed by atoms with Gasteiger partial charge in [-0.2, -0.15) is 0 Å². The third-order valence-electron chi connectivity index (χ3n) is 5.61. The number of ether oxygens (including phenoxy) is 1. The molecular formula is C23H26NO4+. The first-order valence-corrected chi connectivity index (χ1v) is 9.78. The van der Waals surface area contributed by atoms with E-state index in [1.165, 1.54) is 4.90 Å². The van der Waals surface area contributed by atoms with Gasteiger partial charge in [-0.3, -0.25) is 4.90 Å². The van der Waals surface area contributed by atoms with Gasteiger partial charge in [0.05, 0.1) is 6.54 Å². The molecule has 0 spiro atoms. The van der Waals surface area contributed by atoms with Gasteiger partial charge in [-0.1, -0.05) is 30.3 Å². The fraction of sp³-hybridized carbons (Fsp3) is 0.348. The molecule has 0 fully saturated rings. The van der Waals surface area contributed by atoms with Gasteiger partial charge in [0.15, 0.2) is 0 Å². The molecule has 1 aliphatic heterocycles. The fourth-order valence-corrected chi connectivity index (χ4v) is 4.05. The third kappa shape index (κ3) is 3.43. The SMILES string of the molecule is Cc1c(Cc2ccccc2)c(=O)oc2c(C)c3c(cc12)C[NH+](CCCO)CO3. The number of aliphatic hydroxyl groups is 1. The van der Waals surface area contributed by atoms with E-state index in [1.807, 2.05) is 44.2 Å². The van der Waals surface area contributed by atoms with Crippen LogP contribution in [0.3, 0.4) is 0 Å². The van der Waals surface area contributed by atoms with E-state index in [-0.39, 0.29) is 12.2 Å². The van der Waals surface area contributed by atoms with Crippen LogP contribution in [0.5, 0.6) is 5.75 Å². The van der Waals surface area contributed by atoms with Gasteiger partial charge < -0.3 is 14.3 Å². The highest BCUT2D eigenvalue weighted by Crippen LogP contribution is 2.34. The number of nitrogens with one attached hydrogen (secondary N) is 1. The van der Waals surface area contributed by atoms with Crippen molar-refractivity contribution in [3.63, 3.8) is 0 Å². The monoisotopic (exact) mass is 380 g/mol. The molecule has 4 rings (SSSR count). The minimum absolute atomic E-state index is 0.195. The quantitative estimate of drug-likeness (QED) is 0.666. The lowest BCUT2D eigenvalue weighted by molar-refractivity contribution is -0.932. The number of aryl methyl sites for hydroxylation is 2. The summed E-state index contributed by atoms with van der Waals surface area (Å²) >= 11 is 0. The van der Waals surface area contributed by atoms with Gasteiger partial charge in [-0.25, -0.2) is 4.79 Å². The topological polar surface area (TPSA) is 64.1 Å². The van der Waals surface area contributed by atoms with Crippen LogP contribution in [-0.4, -0.2) is 25.0 Å². The molecule has 0 bridgehead atoms. The largest absolute Gasteiger partial charge is 0.444 e. The number of hydrogen-bond donors (Lipinski definition) is 2. The highest BCUT2D eigenvalue weighted by Gasteiger charge is 2.25. The van der Waals surface area contributed by atoms with E-state index < -0.39 is 0 Å². The highest BCUT2D eigenvalue weighted by molar-refractivity contribution is 5.87. The average molecular weight is 380 g/mol. The van der Waals surface area contributed by atoms with Crippen LogP contribution in [0, 0.1) is 13.8 Å². The summed E-state index contributed by atoms with van der Waals surface area (Å²) in [6, 6.07) is 12.1. The van der Waals surface area contributed by atoms with Crippen LogP contribution in [0.2, 0.25) is 0 Å². The van der Waals surface area contributed by atoms with Crippen LogP contribution >= 0.6 is 0 Å². The minimum atomic E-state index is -0.275. The van der Waals surface area contributed by atoms with Crippen molar-refractivity contribution < 1.29 is 19.2 Å². The molecule has 5 nitrogen and oxygen atoms in total. The zero-order chi connectivity index (χ0) is 19.7. The Kier molecular flexibility index (Phi) is 5.20. The zero-order valence-electron chi connectivity index (χ0n) is 16.4. The Morgan fingerprint density at radius 3 is 2.68 bits per heavy atom. The maximum atomic E-state index is 12.7. The van der Waals surface area contributed by atoms with E-state index >= 15 is 0 Å². The lowest BCUT2D eigenvalue weighted by Crippen LogP contribution is -3.12. The number of hydrogen-bond acceptors (Lipinski definition) is 4. The molecule has 146 valence electrons. The van der Waals surface area contributed by atoms with Crippen LogP contribution in [-0.2, 0) is 13.0 Å². The van der Waals surface area contributed by atoms with Crippen LogP contribution in [0.25, 0.3) is 11.0 Å². The first kappa shape index (κ1) is 18.7. The fourth-order valence-electron chi connectivity index (χ4n) is 4.05. The molecule has 2 heterocycles. The van der Waals surface area contributed by atoms with Gasteiger partial charge >= 0.3 is 5.63 Å². The first-order chi connectivity index (χ1) is 13.6. The predicted octanol–water partition coefficient (Wildman–Crippen LogP) is 2.12. The van der Waals surface area contributed by atoms with Gasteiger partial charge in [0.1, 0.15) is 17.9 Å². The Balaban J connectivity index is 1.78. The van der Waals surface area contributed by atoms with Crippen molar-refractivity contribution in [3.05, 3.63) is 74.6 Å². The smallest absolute Gasteiger partial charge is 0.340 e. The van der Waals surface area contributed by atoms with E-state index in [1.54, 1.807) is 0 Å². The molecule has 1 aliphatic rings. The Morgan fingerprint density at radius 2 is 1.93 bits per heavy atom. The Morgan fingerprint density at radius 1 is 1.14 bits per heavy atom. The second kappa shape index (κ2) is 7.78. The van der Waals surface area contributed by atoms with E-state index in [0.717, 1.165) is 52.9 Å². The van der Waals surface area contributed by atoms with Crippen molar-refractivity contribution in [2.45, 2.75) is 33.2 Å². The van der Waals surface area contributed by atoms with E-state index in [4.69, 9.17) is 14.3 Å². The van der Waals surface area contributed by atoms with Crippen molar-refractivity contribution in [3.8, 4) is 5.75 Å². The van der Waals surface area contributed by atoms with Gasteiger partial charge in [0.25, 0.3) is 0 Å². The number of quaternary nitrogens is 1. The number of benzene rings is 2. The predicted molar refractivity (Wildman–Crippen MR) is 108 cm³/mol. The maximum Gasteiger partial charge on any atom is 0.340 e. The summed E-state index contributed by atoms with van der Waals surface area (Å²) in [7, 11) is 0. The molecule has 0 amide bonds. The Bertz CT molecular complexity index is 1060. The molecule has 2 N–H and O–H groups in total. The lowest BCUT2D eigenvalue weighted by Gasteiger charge is -2.27. The standard InChI is InChI=1S/C23H25NO4/c1-15-19-12-18-13-24(9-6-10-25)14-27-21(18)16(2)22(19)28-23(26)20(15)11-17-7-4-3-5-8-17/h3-5,7-8,12,25H,6,9-11,13-14H2,1-2H3/p+1. The number of rotatable bonds is 5. The average Bonchev–Trinajstić information content (AvgIpc) is 2.71. The molecule has 1 aromatic heterocycles. The van der Waals surface area contributed by atoms with Crippen molar-refractivity contribution >= 4 is 11.0 Å². The molecular weight excluding hydrogens is 354 g/mol. The maximum absolute atomic E-state index is 12.7. The van der Waals surface area contributed by atoms with Crippen LogP contribution in [0.4, 0.5) is 0 Å². The van der Waals surface area contributed by atoms with Crippen molar-refractivity contribution in [2.24, 2.45) is 0 Å². The molecule has 1 atom stereocenters. The molecule has 0 saturated carbocycles. The lowest BCUT2D eigenvalue weighted by atomic mass is 9.96. The first-order valence-electron chi connectivity index (χ1n) is 9.78. The summed E-state index contributed by atoms with van der Waals surface area (Å²) in [5.74, 6) is 0.832. The van der Waals surface area contributed by atoms with Crippen molar-refractivity contribution in [1.29, 1.82) is 0 Å². The molecule has 3 aromatic rings. The number of fused-ring (bicyclic) bond motifs is 2. The minimum Gasteiger partial charge on any atom is -0.444 e. The van der Waals surface area contributed by atoms with Crippen molar-refractivity contribution in [2.75, 3.05) is 19.9 Å². The summed E-state index contributed by atoms with van der Waals surface area (Å²) < 4.78 is 11.8. The summed E-state index contributed by atoms with van der Waals surface area (Å²) in [6.07, 6.45) is 1.32. The Hall–Kier alpha value is -2.63. The summed E-state index contributed by atoms with van der Waals surface area (Å²) in [5, 5.41) is 10.1. The third-order valence-corrected chi connectivity index (χ3v) is 5.61. The summed E-state index contributed by atoms with van der Waals surface area (Å²) in [6.45, 7) is 6.44. The zero-order valence-corrected chi connectivity index (χ0v) is 16.4. The van der Waals surface area contributed by atoms with Gasteiger partial charge in [0.2, 0.25) is 6.73 Å². The summed E-state index contributed by atoms with van der Waals surface area (Å²) in [5.41, 5.74) is 5.14. The summed E-state index contributed by atoms with van der Waals surface area (Å²) in [4.78, 5) is 14.0. The van der Waals surface area contributed by atoms with Gasteiger partial charge in [-0.15, -0.1) is 0 Å². The van der Waals surface area contributed by atoms with Gasteiger partial charge in [0, 0.05) is 41.5 Å². The van der Waals surface area contributed by atoms with Crippen LogP contribution in [0.15, 0.2) is 45.6 Å². The molecule has 2 aromatic carbocycles.